The van der Waals surface area contributed by atoms with E-state index in [1.165, 1.54) is 19.3 Å². The fraction of sp³-hybridized carbons (Fsp3) is 0.455. The van der Waals surface area contributed by atoms with Gasteiger partial charge in [-0.05, 0) is 50.5 Å². The number of benzene rings is 1. The van der Waals surface area contributed by atoms with Crippen molar-refractivity contribution < 1.29 is 9.53 Å². The van der Waals surface area contributed by atoms with Crippen LogP contribution in [0.1, 0.15) is 55.3 Å². The Kier molecular flexibility index (Phi) is 7.04. The Morgan fingerprint density at radius 2 is 2.15 bits per heavy atom. The van der Waals surface area contributed by atoms with Gasteiger partial charge in [0.05, 0.1) is 10.7 Å². The first-order chi connectivity index (χ1) is 13.2. The summed E-state index contributed by atoms with van der Waals surface area (Å²) in [6, 6.07) is 8.22. The molecule has 1 aliphatic rings. The number of hydrogen-bond donors (Lipinski definition) is 0. The van der Waals surface area contributed by atoms with E-state index < -0.39 is 0 Å². The Morgan fingerprint density at radius 1 is 1.33 bits per heavy atom. The van der Waals surface area contributed by atoms with Crippen molar-refractivity contribution in [2.75, 3.05) is 6.54 Å². The fourth-order valence-corrected chi connectivity index (χ4v) is 4.19. The monoisotopic (exact) mass is 384 g/mol. The topological polar surface area (TPSA) is 42.4 Å². The number of carbonyl (C=O) groups is 1. The van der Waals surface area contributed by atoms with E-state index >= 15 is 0 Å². The molecule has 0 atom stereocenters. The quantitative estimate of drug-likeness (QED) is 0.614. The van der Waals surface area contributed by atoms with Crippen molar-refractivity contribution in [1.29, 1.82) is 0 Å². The minimum Gasteiger partial charge on any atom is -0.487 e. The summed E-state index contributed by atoms with van der Waals surface area (Å²) in [6.45, 7) is 5.28. The van der Waals surface area contributed by atoms with Crippen molar-refractivity contribution >= 4 is 23.3 Å². The molecule has 0 saturated heterocycles. The fourth-order valence-electron chi connectivity index (χ4n) is 3.59. The maximum Gasteiger partial charge on any atom is 0.246 e. The Bertz CT molecular complexity index is 778. The summed E-state index contributed by atoms with van der Waals surface area (Å²) in [5.74, 6) is 0.892. The maximum atomic E-state index is 12.6. The van der Waals surface area contributed by atoms with Crippen LogP contribution in [0.3, 0.4) is 0 Å². The summed E-state index contributed by atoms with van der Waals surface area (Å²) < 4.78 is 5.83. The number of rotatable bonds is 7. The summed E-state index contributed by atoms with van der Waals surface area (Å²) in [7, 11) is 0. The van der Waals surface area contributed by atoms with Crippen LogP contribution in [0.4, 0.5) is 0 Å². The molecule has 0 spiro atoms. The van der Waals surface area contributed by atoms with E-state index in [-0.39, 0.29) is 5.91 Å². The molecule has 27 heavy (non-hydrogen) atoms. The summed E-state index contributed by atoms with van der Waals surface area (Å²) in [5.41, 5.74) is 1.91. The average Bonchev–Trinajstić information content (AvgIpc) is 3.12. The molecule has 4 nitrogen and oxygen atoms in total. The van der Waals surface area contributed by atoms with Crippen LogP contribution in [0.2, 0.25) is 0 Å². The van der Waals surface area contributed by atoms with E-state index in [1.807, 2.05) is 47.5 Å². The molecule has 0 N–H and O–H groups in total. The Hall–Kier alpha value is -2.14. The summed E-state index contributed by atoms with van der Waals surface area (Å²) in [6.07, 6.45) is 9.60. The number of ether oxygens (including phenoxy) is 1. The molecule has 1 fully saturated rings. The van der Waals surface area contributed by atoms with Gasteiger partial charge in [0.15, 0.2) is 0 Å². The Morgan fingerprint density at radius 3 is 2.85 bits per heavy atom. The lowest BCUT2D eigenvalue weighted by atomic mass is 9.94. The number of amides is 1. The van der Waals surface area contributed by atoms with Gasteiger partial charge in [0.1, 0.15) is 12.4 Å². The highest BCUT2D eigenvalue weighted by molar-refractivity contribution is 7.09. The molecule has 1 saturated carbocycles. The van der Waals surface area contributed by atoms with Crippen molar-refractivity contribution in [3.8, 4) is 5.75 Å². The molecular weight excluding hydrogens is 356 g/mol. The second kappa shape index (κ2) is 9.70. The van der Waals surface area contributed by atoms with Crippen LogP contribution in [0, 0.1) is 6.92 Å². The molecule has 0 unspecified atom stereocenters. The van der Waals surface area contributed by atoms with Crippen LogP contribution in [0.5, 0.6) is 5.75 Å². The van der Waals surface area contributed by atoms with E-state index in [0.29, 0.717) is 12.6 Å². The molecule has 1 amide bonds. The van der Waals surface area contributed by atoms with Crippen molar-refractivity contribution in [2.24, 2.45) is 0 Å². The third-order valence-electron chi connectivity index (χ3n) is 4.97. The highest BCUT2D eigenvalue weighted by atomic mass is 32.1. The molecular formula is C22H28N2O2S. The zero-order chi connectivity index (χ0) is 19.1. The summed E-state index contributed by atoms with van der Waals surface area (Å²) in [5, 5.41) is 3.06. The number of aromatic nitrogens is 1. The smallest absolute Gasteiger partial charge is 0.246 e. The minimum absolute atomic E-state index is 0.105. The second-order valence-corrected chi connectivity index (χ2v) is 8.03. The lowest BCUT2D eigenvalue weighted by Gasteiger charge is -2.32. The van der Waals surface area contributed by atoms with Gasteiger partial charge in [-0.1, -0.05) is 31.4 Å². The first-order valence-electron chi connectivity index (χ1n) is 9.78. The number of carbonyl (C=O) groups excluding carboxylic acids is 1. The Balaban J connectivity index is 1.59. The number of thiazole rings is 1. The van der Waals surface area contributed by atoms with Crippen LogP contribution in [-0.4, -0.2) is 28.4 Å². The van der Waals surface area contributed by atoms with Crippen LogP contribution in [0.15, 0.2) is 35.7 Å². The predicted octanol–water partition coefficient (Wildman–Crippen LogP) is 5.22. The van der Waals surface area contributed by atoms with Gasteiger partial charge in [-0.25, -0.2) is 4.98 Å². The average molecular weight is 385 g/mol. The van der Waals surface area contributed by atoms with Gasteiger partial charge in [0.2, 0.25) is 5.91 Å². The lowest BCUT2D eigenvalue weighted by molar-refractivity contribution is -0.128. The van der Waals surface area contributed by atoms with Gasteiger partial charge < -0.3 is 9.64 Å². The van der Waals surface area contributed by atoms with Gasteiger partial charge in [-0.15, -0.1) is 11.3 Å². The first kappa shape index (κ1) is 19.6. The van der Waals surface area contributed by atoms with E-state index in [2.05, 4.69) is 11.9 Å². The van der Waals surface area contributed by atoms with Crippen molar-refractivity contribution in [1.82, 2.24) is 9.88 Å². The molecule has 144 valence electrons. The van der Waals surface area contributed by atoms with Gasteiger partial charge in [0, 0.05) is 24.0 Å². The molecule has 0 bridgehead atoms. The third kappa shape index (κ3) is 5.67. The molecule has 1 aromatic carbocycles. The van der Waals surface area contributed by atoms with E-state index in [0.717, 1.165) is 41.4 Å². The SMILES string of the molecule is CCN(C(=O)/C=C/c1cccc(OCc2csc(C)n2)c1)C1CCCCC1. The standard InChI is InChI=1S/C22H28N2O2S/c1-3-24(20-9-5-4-6-10-20)22(25)13-12-18-8-7-11-21(14-18)26-15-19-16-27-17(2)23-19/h7-8,11-14,16,20H,3-6,9-10,15H2,1-2H3/b13-12+. The van der Waals surface area contributed by atoms with Crippen LogP contribution < -0.4 is 4.74 Å². The minimum atomic E-state index is 0.105. The Labute approximate surface area is 165 Å². The molecule has 1 aromatic heterocycles. The van der Waals surface area contributed by atoms with Gasteiger partial charge in [-0.2, -0.15) is 0 Å². The molecule has 0 aliphatic heterocycles. The van der Waals surface area contributed by atoms with E-state index in [9.17, 15) is 4.79 Å². The maximum absolute atomic E-state index is 12.6. The number of likely N-dealkylation sites (N-methyl/N-ethyl adjacent to an activating group) is 1. The molecule has 1 heterocycles. The lowest BCUT2D eigenvalue weighted by Crippen LogP contribution is -2.40. The zero-order valence-electron chi connectivity index (χ0n) is 16.2. The third-order valence-corrected chi connectivity index (χ3v) is 5.79. The zero-order valence-corrected chi connectivity index (χ0v) is 17.0. The highest BCUT2D eigenvalue weighted by Gasteiger charge is 2.22. The van der Waals surface area contributed by atoms with Crippen LogP contribution in [0.25, 0.3) is 6.08 Å². The molecule has 5 heteroatoms. The largest absolute Gasteiger partial charge is 0.487 e. The van der Waals surface area contributed by atoms with Crippen LogP contribution in [-0.2, 0) is 11.4 Å². The molecule has 3 rings (SSSR count). The molecule has 1 aliphatic carbocycles. The summed E-state index contributed by atoms with van der Waals surface area (Å²) in [4.78, 5) is 19.1. The van der Waals surface area contributed by atoms with Gasteiger partial charge >= 0.3 is 0 Å². The van der Waals surface area contributed by atoms with Crippen LogP contribution >= 0.6 is 11.3 Å². The van der Waals surface area contributed by atoms with Crippen molar-refractivity contribution in [3.63, 3.8) is 0 Å². The molecule has 0 radical (unpaired) electrons. The van der Waals surface area contributed by atoms with Gasteiger partial charge in [-0.3, -0.25) is 4.79 Å². The normalized spacial score (nSPS) is 15.2. The second-order valence-electron chi connectivity index (χ2n) is 6.97. The highest BCUT2D eigenvalue weighted by Crippen LogP contribution is 2.23. The van der Waals surface area contributed by atoms with Crippen molar-refractivity contribution in [2.45, 2.75) is 58.6 Å². The summed E-state index contributed by atoms with van der Waals surface area (Å²) >= 11 is 1.63. The van der Waals surface area contributed by atoms with E-state index in [4.69, 9.17) is 4.74 Å². The van der Waals surface area contributed by atoms with Gasteiger partial charge in [0.25, 0.3) is 0 Å². The predicted molar refractivity (Wildman–Crippen MR) is 111 cm³/mol. The number of nitrogens with zero attached hydrogens (tertiary/aromatic N) is 2. The number of aryl methyl sites for hydroxylation is 1. The van der Waals surface area contributed by atoms with E-state index in [1.54, 1.807) is 17.4 Å². The number of hydrogen-bond acceptors (Lipinski definition) is 4. The van der Waals surface area contributed by atoms with Crippen molar-refractivity contribution in [3.05, 3.63) is 52.0 Å². The first-order valence-corrected chi connectivity index (χ1v) is 10.7. The molecule has 2 aromatic rings.